The van der Waals surface area contributed by atoms with E-state index >= 15 is 0 Å². The van der Waals surface area contributed by atoms with E-state index in [1.165, 1.54) is 5.56 Å². The van der Waals surface area contributed by atoms with Crippen LogP contribution in [0.15, 0.2) is 176 Å². The number of para-hydroxylation sites is 2. The van der Waals surface area contributed by atoms with Crippen molar-refractivity contribution in [3.63, 3.8) is 0 Å². The minimum Gasteiger partial charge on any atom is -0.507 e. The van der Waals surface area contributed by atoms with Crippen LogP contribution in [0.25, 0.3) is 83.9 Å². The number of aromatic nitrogens is 3. The first-order chi connectivity index (χ1) is 31.0. The quantitative estimate of drug-likeness (QED) is 0.162. The second kappa shape index (κ2) is 16.6. The summed E-state index contributed by atoms with van der Waals surface area (Å²) in [5.74, 6) is 0.681. The van der Waals surface area contributed by atoms with E-state index in [-0.39, 0.29) is 55.3 Å². The zero-order chi connectivity index (χ0) is 45.9. The van der Waals surface area contributed by atoms with Crippen molar-refractivity contribution in [2.75, 3.05) is 0 Å². The molecule has 4 nitrogen and oxygen atoms in total. The molecule has 2 aromatic heterocycles. The van der Waals surface area contributed by atoms with Gasteiger partial charge in [0.25, 0.3) is 0 Å². The van der Waals surface area contributed by atoms with Crippen LogP contribution >= 0.6 is 0 Å². The van der Waals surface area contributed by atoms with Crippen LogP contribution in [0.5, 0.6) is 5.75 Å². The maximum atomic E-state index is 11.6. The molecular formula is C56H48N3OPt-. The van der Waals surface area contributed by atoms with Crippen LogP contribution in [0, 0.1) is 6.07 Å². The van der Waals surface area contributed by atoms with E-state index < -0.39 is 18.1 Å². The number of phenolic OH excluding ortho intramolecular Hbond substituents is 1. The van der Waals surface area contributed by atoms with Crippen molar-refractivity contribution >= 4 is 11.0 Å². The molecule has 5 heteroatoms. The van der Waals surface area contributed by atoms with E-state index in [9.17, 15) is 5.11 Å². The van der Waals surface area contributed by atoms with Crippen LogP contribution in [-0.4, -0.2) is 19.6 Å². The standard InChI is InChI=1S/C56H48N3O.Pt/c1-55(2,3)43-32-41(31-42(33-43)49-34-40(29-30-57-49)37-19-10-7-11-20-37)44-26-18-27-50-53(44)58-54(45-25-16-17-28-52(45)60)59(50)51-36-46(38-21-12-8-13-22-38)48(56(4,5)6)35-47(51)39-23-14-9-15-24-39;/h7-30,32-36,60H,1-6H3;/q-1;/i7D,10D,11D,19D,20D;. The summed E-state index contributed by atoms with van der Waals surface area (Å²) in [4.78, 5) is 10.2. The van der Waals surface area contributed by atoms with Gasteiger partial charge in [-0.15, -0.1) is 29.3 Å². The molecular weight excluding hydrogens is 926 g/mol. The number of phenols is 1. The fourth-order valence-electron chi connectivity index (χ4n) is 7.92. The van der Waals surface area contributed by atoms with Crippen molar-refractivity contribution in [2.45, 2.75) is 52.4 Å². The summed E-state index contributed by atoms with van der Waals surface area (Å²) in [6, 6.07) is 48.4. The smallest absolute Gasteiger partial charge is 0.148 e. The summed E-state index contributed by atoms with van der Waals surface area (Å²) in [5, 5.41) is 11.6. The minimum absolute atomic E-state index is 0. The Morgan fingerprint density at radius 2 is 1.21 bits per heavy atom. The third kappa shape index (κ3) is 8.13. The number of rotatable bonds is 7. The van der Waals surface area contributed by atoms with Crippen molar-refractivity contribution in [1.82, 2.24) is 14.5 Å². The van der Waals surface area contributed by atoms with Crippen molar-refractivity contribution in [3.05, 3.63) is 193 Å². The number of aromatic hydroxyl groups is 1. The summed E-state index contributed by atoms with van der Waals surface area (Å²) in [6.45, 7) is 13.2. The zero-order valence-corrected chi connectivity index (χ0v) is 37.2. The second-order valence-electron chi connectivity index (χ2n) is 17.2. The van der Waals surface area contributed by atoms with Crippen LogP contribution in [-0.2, 0) is 31.9 Å². The summed E-state index contributed by atoms with van der Waals surface area (Å²) < 4.78 is 44.3. The maximum absolute atomic E-state index is 11.6. The molecule has 7 aromatic carbocycles. The molecule has 2 heterocycles. The van der Waals surface area contributed by atoms with E-state index in [1.807, 2.05) is 42.5 Å². The molecule has 61 heavy (non-hydrogen) atoms. The van der Waals surface area contributed by atoms with Gasteiger partial charge in [0.1, 0.15) is 11.6 Å². The summed E-state index contributed by atoms with van der Waals surface area (Å²) in [7, 11) is 0. The van der Waals surface area contributed by atoms with Crippen LogP contribution in [0.2, 0.25) is 0 Å². The Morgan fingerprint density at radius 3 is 1.89 bits per heavy atom. The molecule has 304 valence electrons. The zero-order valence-electron chi connectivity index (χ0n) is 40.0. The number of benzene rings is 7. The predicted molar refractivity (Wildman–Crippen MR) is 249 cm³/mol. The molecule has 9 rings (SSSR count). The molecule has 0 saturated heterocycles. The first-order valence-corrected chi connectivity index (χ1v) is 20.2. The number of hydrogen-bond acceptors (Lipinski definition) is 3. The monoisotopic (exact) mass is 978 g/mol. The number of imidazole rings is 1. The van der Waals surface area contributed by atoms with Gasteiger partial charge in [0.15, 0.2) is 0 Å². The van der Waals surface area contributed by atoms with Crippen LogP contribution < -0.4 is 0 Å². The van der Waals surface area contributed by atoms with Crippen molar-refractivity contribution in [1.29, 1.82) is 0 Å². The average Bonchev–Trinajstić information content (AvgIpc) is 3.69. The van der Waals surface area contributed by atoms with Gasteiger partial charge in [-0.05, 0) is 80.6 Å². The molecule has 1 N–H and O–H groups in total. The van der Waals surface area contributed by atoms with E-state index in [0.29, 0.717) is 33.7 Å². The molecule has 0 bridgehead atoms. The SMILES string of the molecule is [2H]c1c([2H])c([2H])c(-c2ccnc(-c3[c-]c(-c4cccc5c4nc(-c4ccccc4O)n5-c4cc(-c5ccccc5)c(C(C)(C)C)cc4-c4ccccc4)cc(C(C)(C)C)c3)c2)c([2H])c1[2H].[Pt]. The molecule has 0 amide bonds. The molecule has 0 unspecified atom stereocenters. The number of fused-ring (bicyclic) bond motifs is 1. The fraction of sp³-hybridized carbons (Fsp3) is 0.143. The van der Waals surface area contributed by atoms with Crippen LogP contribution in [0.3, 0.4) is 0 Å². The van der Waals surface area contributed by atoms with Gasteiger partial charge in [-0.2, -0.15) is 0 Å². The number of hydrogen-bond donors (Lipinski definition) is 1. The number of nitrogens with zero attached hydrogens (tertiary/aromatic N) is 3. The first-order valence-electron chi connectivity index (χ1n) is 22.7. The Kier molecular flexibility index (Phi) is 9.64. The van der Waals surface area contributed by atoms with Crippen LogP contribution in [0.4, 0.5) is 0 Å². The normalized spacial score (nSPS) is 12.9. The van der Waals surface area contributed by atoms with Gasteiger partial charge in [-0.25, -0.2) is 4.98 Å². The Bertz CT molecular complexity index is 3270. The molecule has 0 atom stereocenters. The predicted octanol–water partition coefficient (Wildman–Crippen LogP) is 14.5. The second-order valence-corrected chi connectivity index (χ2v) is 17.2. The summed E-state index contributed by atoms with van der Waals surface area (Å²) in [6.07, 6.45) is 1.60. The van der Waals surface area contributed by atoms with Crippen molar-refractivity contribution < 1.29 is 33.0 Å². The molecule has 0 aliphatic heterocycles. The average molecular weight is 979 g/mol. The van der Waals surface area contributed by atoms with Gasteiger partial charge in [0, 0.05) is 38.5 Å². The molecule has 0 spiro atoms. The third-order valence-corrected chi connectivity index (χ3v) is 11.0. The Balaban J connectivity index is 0.00000592. The maximum Gasteiger partial charge on any atom is 0.148 e. The Hall–Kier alpha value is -6.35. The van der Waals surface area contributed by atoms with Gasteiger partial charge >= 0.3 is 0 Å². The molecule has 0 aliphatic carbocycles. The van der Waals surface area contributed by atoms with Gasteiger partial charge < -0.3 is 5.11 Å². The van der Waals surface area contributed by atoms with Crippen molar-refractivity contribution in [2.24, 2.45) is 0 Å². The van der Waals surface area contributed by atoms with Gasteiger partial charge in [-0.1, -0.05) is 174 Å². The van der Waals surface area contributed by atoms with Crippen LogP contribution in [0.1, 0.15) is 59.5 Å². The van der Waals surface area contributed by atoms with E-state index in [4.69, 9.17) is 16.8 Å². The van der Waals surface area contributed by atoms with Gasteiger partial charge in [0.05, 0.1) is 29.1 Å². The Labute approximate surface area is 380 Å². The molecule has 0 fully saturated rings. The largest absolute Gasteiger partial charge is 0.507 e. The molecule has 0 aliphatic rings. The van der Waals surface area contributed by atoms with E-state index in [0.717, 1.165) is 50.1 Å². The summed E-state index contributed by atoms with van der Waals surface area (Å²) in [5.41, 5.74) is 12.4. The minimum atomic E-state index is -0.439. The fourth-order valence-corrected chi connectivity index (χ4v) is 7.92. The molecule has 0 saturated carbocycles. The topological polar surface area (TPSA) is 50.9 Å². The number of pyridine rings is 1. The van der Waals surface area contributed by atoms with Gasteiger partial charge in [0.2, 0.25) is 0 Å². The first kappa shape index (κ1) is 35.4. The summed E-state index contributed by atoms with van der Waals surface area (Å²) >= 11 is 0. The van der Waals surface area contributed by atoms with E-state index in [1.54, 1.807) is 24.4 Å². The van der Waals surface area contributed by atoms with Gasteiger partial charge in [-0.3, -0.25) is 9.55 Å². The van der Waals surface area contributed by atoms with Crippen molar-refractivity contribution in [3.8, 4) is 78.6 Å². The molecule has 9 aromatic rings. The third-order valence-electron chi connectivity index (χ3n) is 11.0. The molecule has 0 radical (unpaired) electrons. The van der Waals surface area contributed by atoms with E-state index in [2.05, 4.69) is 131 Å². The Morgan fingerprint density at radius 1 is 0.574 bits per heavy atom.